The second-order valence-electron chi connectivity index (χ2n) is 5.08. The molecule has 0 atom stereocenters. The molecule has 0 aliphatic carbocycles. The van der Waals surface area contributed by atoms with E-state index in [1.54, 1.807) is 6.07 Å². The van der Waals surface area contributed by atoms with Gasteiger partial charge in [0, 0.05) is 12.6 Å². The Labute approximate surface area is 118 Å². The van der Waals surface area contributed by atoms with Gasteiger partial charge in [0.05, 0.1) is 12.7 Å². The van der Waals surface area contributed by atoms with Crippen molar-refractivity contribution in [3.8, 4) is 5.75 Å². The normalized spacial score (nSPS) is 15.9. The van der Waals surface area contributed by atoms with E-state index < -0.39 is 5.82 Å². The fourth-order valence-corrected chi connectivity index (χ4v) is 2.46. The number of piperidine rings is 1. The number of hydrogen-bond acceptors (Lipinski definition) is 3. The molecule has 0 radical (unpaired) electrons. The monoisotopic (exact) mass is 280 g/mol. The molecule has 1 aromatic carbocycles. The van der Waals surface area contributed by atoms with Crippen molar-refractivity contribution in [2.45, 2.75) is 19.3 Å². The molecule has 0 unspecified atom stereocenters. The van der Waals surface area contributed by atoms with Gasteiger partial charge < -0.3 is 15.4 Å². The van der Waals surface area contributed by atoms with Crippen molar-refractivity contribution in [3.63, 3.8) is 0 Å². The third-order valence-electron chi connectivity index (χ3n) is 3.72. The maximum atomic E-state index is 13.7. The third kappa shape index (κ3) is 3.93. The minimum Gasteiger partial charge on any atom is -0.497 e. The quantitative estimate of drug-likeness (QED) is 0.867. The van der Waals surface area contributed by atoms with Crippen LogP contribution in [-0.4, -0.2) is 32.7 Å². The van der Waals surface area contributed by atoms with E-state index in [1.165, 1.54) is 19.2 Å². The lowest BCUT2D eigenvalue weighted by Crippen LogP contribution is -2.31. The van der Waals surface area contributed by atoms with Crippen LogP contribution in [0.1, 0.15) is 29.6 Å². The number of halogens is 1. The molecule has 0 bridgehead atoms. The maximum absolute atomic E-state index is 13.7. The Morgan fingerprint density at radius 2 is 2.20 bits per heavy atom. The fourth-order valence-electron chi connectivity index (χ4n) is 2.46. The number of carbonyl (C=O) groups excluding carboxylic acids is 1. The molecule has 1 amide bonds. The van der Waals surface area contributed by atoms with Gasteiger partial charge in [-0.05, 0) is 50.4 Å². The second kappa shape index (κ2) is 7.24. The molecule has 1 aromatic rings. The lowest BCUT2D eigenvalue weighted by atomic mass is 9.95. The molecule has 0 spiro atoms. The SMILES string of the molecule is COc1ccc(C(=O)NCCC2CCNCC2)c(F)c1. The Kier molecular flexibility index (Phi) is 5.35. The van der Waals surface area contributed by atoms with Crippen molar-refractivity contribution < 1.29 is 13.9 Å². The first-order chi connectivity index (χ1) is 9.70. The van der Waals surface area contributed by atoms with Gasteiger partial charge in [0.25, 0.3) is 5.91 Å². The molecule has 1 fully saturated rings. The number of methoxy groups -OCH3 is 1. The third-order valence-corrected chi connectivity index (χ3v) is 3.72. The first kappa shape index (κ1) is 14.8. The van der Waals surface area contributed by atoms with Gasteiger partial charge in [-0.3, -0.25) is 4.79 Å². The zero-order chi connectivity index (χ0) is 14.4. The van der Waals surface area contributed by atoms with Crippen molar-refractivity contribution in [2.24, 2.45) is 5.92 Å². The second-order valence-corrected chi connectivity index (χ2v) is 5.08. The highest BCUT2D eigenvalue weighted by molar-refractivity contribution is 5.94. The van der Waals surface area contributed by atoms with Gasteiger partial charge in [0.1, 0.15) is 11.6 Å². The highest BCUT2D eigenvalue weighted by Crippen LogP contribution is 2.17. The smallest absolute Gasteiger partial charge is 0.254 e. The molecule has 0 aromatic heterocycles. The first-order valence-electron chi connectivity index (χ1n) is 7.03. The van der Waals surface area contributed by atoms with Crippen LogP contribution in [0.2, 0.25) is 0 Å². The summed E-state index contributed by atoms with van der Waals surface area (Å²) >= 11 is 0. The highest BCUT2D eigenvalue weighted by Gasteiger charge is 2.15. The van der Waals surface area contributed by atoms with Crippen LogP contribution in [0, 0.1) is 11.7 Å². The van der Waals surface area contributed by atoms with Crippen LogP contribution in [0.25, 0.3) is 0 Å². The number of amides is 1. The standard InChI is InChI=1S/C15H21FN2O2/c1-20-12-2-3-13(14(16)10-12)15(19)18-9-6-11-4-7-17-8-5-11/h2-3,10-11,17H,4-9H2,1H3,(H,18,19). The summed E-state index contributed by atoms with van der Waals surface area (Å²) in [4.78, 5) is 11.9. The van der Waals surface area contributed by atoms with Gasteiger partial charge in [-0.15, -0.1) is 0 Å². The zero-order valence-corrected chi connectivity index (χ0v) is 11.7. The van der Waals surface area contributed by atoms with E-state index in [2.05, 4.69) is 10.6 Å². The number of benzene rings is 1. The van der Waals surface area contributed by atoms with Gasteiger partial charge in [0.15, 0.2) is 0 Å². The van der Waals surface area contributed by atoms with Crippen LogP contribution >= 0.6 is 0 Å². The van der Waals surface area contributed by atoms with Crippen molar-refractivity contribution in [1.82, 2.24) is 10.6 Å². The Balaban J connectivity index is 1.82. The Morgan fingerprint density at radius 1 is 1.45 bits per heavy atom. The van der Waals surface area contributed by atoms with Crippen LogP contribution in [0.3, 0.4) is 0 Å². The predicted molar refractivity (Wildman–Crippen MR) is 75.5 cm³/mol. The molecule has 2 N–H and O–H groups in total. The number of rotatable bonds is 5. The van der Waals surface area contributed by atoms with Crippen molar-refractivity contribution >= 4 is 5.91 Å². The summed E-state index contributed by atoms with van der Waals surface area (Å²) in [6.45, 7) is 2.69. The van der Waals surface area contributed by atoms with Crippen LogP contribution < -0.4 is 15.4 Å². The molecule has 1 saturated heterocycles. The maximum Gasteiger partial charge on any atom is 0.254 e. The van der Waals surface area contributed by atoms with E-state index >= 15 is 0 Å². The molecule has 1 aliphatic rings. The molecular weight excluding hydrogens is 259 g/mol. The average molecular weight is 280 g/mol. The topological polar surface area (TPSA) is 50.4 Å². The van der Waals surface area contributed by atoms with Crippen LogP contribution in [0.15, 0.2) is 18.2 Å². The van der Waals surface area contributed by atoms with Crippen molar-refractivity contribution in [2.75, 3.05) is 26.7 Å². The van der Waals surface area contributed by atoms with E-state index in [0.717, 1.165) is 32.4 Å². The summed E-state index contributed by atoms with van der Waals surface area (Å²) in [7, 11) is 1.47. The number of ether oxygens (including phenoxy) is 1. The molecule has 1 heterocycles. The van der Waals surface area contributed by atoms with Crippen LogP contribution in [-0.2, 0) is 0 Å². The Morgan fingerprint density at radius 3 is 2.85 bits per heavy atom. The van der Waals surface area contributed by atoms with Crippen LogP contribution in [0.5, 0.6) is 5.75 Å². The zero-order valence-electron chi connectivity index (χ0n) is 11.7. The number of carbonyl (C=O) groups is 1. The van der Waals surface area contributed by atoms with E-state index in [4.69, 9.17) is 4.74 Å². The van der Waals surface area contributed by atoms with Gasteiger partial charge in [-0.25, -0.2) is 4.39 Å². The molecule has 110 valence electrons. The van der Waals surface area contributed by atoms with Gasteiger partial charge in [-0.1, -0.05) is 0 Å². The Hall–Kier alpha value is -1.62. The molecule has 1 aliphatic heterocycles. The van der Waals surface area contributed by atoms with Crippen molar-refractivity contribution in [3.05, 3.63) is 29.6 Å². The van der Waals surface area contributed by atoms with Gasteiger partial charge in [0.2, 0.25) is 0 Å². The largest absolute Gasteiger partial charge is 0.497 e. The first-order valence-corrected chi connectivity index (χ1v) is 7.03. The fraction of sp³-hybridized carbons (Fsp3) is 0.533. The summed E-state index contributed by atoms with van der Waals surface area (Å²) in [6.07, 6.45) is 3.24. The average Bonchev–Trinajstić information content (AvgIpc) is 2.48. The van der Waals surface area contributed by atoms with E-state index in [9.17, 15) is 9.18 Å². The van der Waals surface area contributed by atoms with Gasteiger partial charge >= 0.3 is 0 Å². The minimum atomic E-state index is -0.552. The summed E-state index contributed by atoms with van der Waals surface area (Å²) in [5.74, 6) is 0.147. The minimum absolute atomic E-state index is 0.0658. The molecule has 4 nitrogen and oxygen atoms in total. The molecule has 0 saturated carbocycles. The number of hydrogen-bond donors (Lipinski definition) is 2. The molecular formula is C15H21FN2O2. The summed E-state index contributed by atoms with van der Waals surface area (Å²) < 4.78 is 18.6. The lowest BCUT2D eigenvalue weighted by Gasteiger charge is -2.22. The lowest BCUT2D eigenvalue weighted by molar-refractivity contribution is 0.0946. The summed E-state index contributed by atoms with van der Waals surface area (Å²) in [5, 5.41) is 6.09. The Bertz CT molecular complexity index is 459. The van der Waals surface area contributed by atoms with Gasteiger partial charge in [-0.2, -0.15) is 0 Å². The van der Waals surface area contributed by atoms with Crippen molar-refractivity contribution in [1.29, 1.82) is 0 Å². The molecule has 2 rings (SSSR count). The number of nitrogens with one attached hydrogen (secondary N) is 2. The van der Waals surface area contributed by atoms with Crippen LogP contribution in [0.4, 0.5) is 4.39 Å². The van der Waals surface area contributed by atoms with E-state index in [-0.39, 0.29) is 11.5 Å². The predicted octanol–water partition coefficient (Wildman–Crippen LogP) is 1.95. The molecule has 5 heteroatoms. The van der Waals surface area contributed by atoms with E-state index in [0.29, 0.717) is 18.2 Å². The highest BCUT2D eigenvalue weighted by atomic mass is 19.1. The summed E-state index contributed by atoms with van der Waals surface area (Å²) in [5.41, 5.74) is 0.0658. The van der Waals surface area contributed by atoms with E-state index in [1.807, 2.05) is 0 Å². The molecule has 20 heavy (non-hydrogen) atoms. The summed E-state index contributed by atoms with van der Waals surface area (Å²) in [6, 6.07) is 4.26.